The van der Waals surface area contributed by atoms with Crippen LogP contribution >= 0.6 is 23.2 Å². The van der Waals surface area contributed by atoms with Gasteiger partial charge in [0.2, 0.25) is 0 Å². The summed E-state index contributed by atoms with van der Waals surface area (Å²) in [6.45, 7) is 0. The van der Waals surface area contributed by atoms with Crippen LogP contribution in [-0.4, -0.2) is 18.5 Å². The number of nitrogens with zero attached hydrogens (tertiary/aromatic N) is 1. The molecule has 0 N–H and O–H groups in total. The number of benzene rings is 3. The Labute approximate surface area is 204 Å². The first-order valence-electron chi connectivity index (χ1n) is 9.40. The largest absolute Gasteiger partial charge is 0.534 e. The standard InChI is InChI=1S/C22H10Cl2F5NO4S/c23-16-2-1-3-17(24)21(16)30-19-10-12(34-35(32,33)22(27,28)29)9-15(14(19)6-7-20(30)31)13-5-4-11(25)8-18(13)26/h1-10H. The van der Waals surface area contributed by atoms with E-state index in [1.165, 1.54) is 24.3 Å². The van der Waals surface area contributed by atoms with Gasteiger partial charge in [0, 0.05) is 29.1 Å². The van der Waals surface area contributed by atoms with Gasteiger partial charge in [-0.25, -0.2) is 8.78 Å². The zero-order valence-electron chi connectivity index (χ0n) is 16.9. The Bertz CT molecular complexity index is 1630. The number of pyridine rings is 1. The fourth-order valence-electron chi connectivity index (χ4n) is 3.41. The molecule has 0 amide bonds. The van der Waals surface area contributed by atoms with E-state index < -0.39 is 38.6 Å². The van der Waals surface area contributed by atoms with E-state index in [0.717, 1.165) is 34.9 Å². The molecule has 0 radical (unpaired) electrons. The molecule has 0 saturated carbocycles. The maximum atomic E-state index is 14.7. The molecule has 0 atom stereocenters. The van der Waals surface area contributed by atoms with E-state index in [0.29, 0.717) is 6.07 Å². The molecule has 0 aliphatic carbocycles. The summed E-state index contributed by atoms with van der Waals surface area (Å²) >= 11 is 12.4. The van der Waals surface area contributed by atoms with E-state index >= 15 is 0 Å². The van der Waals surface area contributed by atoms with Gasteiger partial charge >= 0.3 is 15.6 Å². The molecular weight excluding hydrogens is 540 g/mol. The van der Waals surface area contributed by atoms with Crippen LogP contribution in [-0.2, 0) is 10.1 Å². The highest BCUT2D eigenvalue weighted by Gasteiger charge is 2.48. The summed E-state index contributed by atoms with van der Waals surface area (Å²) in [5.41, 5.74) is -7.28. The Morgan fingerprint density at radius 3 is 2.11 bits per heavy atom. The predicted octanol–water partition coefficient (Wildman–Crippen LogP) is 6.47. The van der Waals surface area contributed by atoms with Crippen molar-refractivity contribution in [2.24, 2.45) is 0 Å². The number of hydrogen-bond donors (Lipinski definition) is 0. The van der Waals surface area contributed by atoms with Gasteiger partial charge in [0.05, 0.1) is 21.2 Å². The van der Waals surface area contributed by atoms with Crippen molar-refractivity contribution < 1.29 is 34.6 Å². The van der Waals surface area contributed by atoms with Crippen molar-refractivity contribution in [2.45, 2.75) is 5.51 Å². The van der Waals surface area contributed by atoms with Crippen LogP contribution in [0.15, 0.2) is 65.5 Å². The maximum Gasteiger partial charge on any atom is 0.534 e. The Morgan fingerprint density at radius 1 is 0.857 bits per heavy atom. The van der Waals surface area contributed by atoms with E-state index in [4.69, 9.17) is 23.2 Å². The number of fused-ring (bicyclic) bond motifs is 1. The maximum absolute atomic E-state index is 14.7. The fourth-order valence-corrected chi connectivity index (χ4v) is 4.42. The lowest BCUT2D eigenvalue weighted by Gasteiger charge is -2.18. The molecule has 0 aliphatic heterocycles. The highest BCUT2D eigenvalue weighted by Crippen LogP contribution is 2.38. The summed E-state index contributed by atoms with van der Waals surface area (Å²) in [6, 6.07) is 10.7. The van der Waals surface area contributed by atoms with Crippen molar-refractivity contribution >= 4 is 44.2 Å². The van der Waals surface area contributed by atoms with Crippen molar-refractivity contribution in [3.05, 3.63) is 92.7 Å². The summed E-state index contributed by atoms with van der Waals surface area (Å²) in [7, 11) is -6.13. The van der Waals surface area contributed by atoms with Gasteiger partial charge in [-0.1, -0.05) is 29.3 Å². The van der Waals surface area contributed by atoms with Crippen molar-refractivity contribution in [1.82, 2.24) is 4.57 Å². The van der Waals surface area contributed by atoms with E-state index in [9.17, 15) is 35.2 Å². The normalized spacial score (nSPS) is 12.2. The molecule has 1 aromatic heterocycles. The number of halogens is 7. The van der Waals surface area contributed by atoms with Gasteiger partial charge in [0.1, 0.15) is 17.4 Å². The monoisotopic (exact) mass is 549 g/mol. The first kappa shape index (κ1) is 25.0. The minimum absolute atomic E-state index is 0.0177. The SMILES string of the molecule is O=c1ccc2c(-c3ccc(F)cc3F)cc(OS(=O)(=O)C(F)(F)F)cc2n1-c1c(Cl)cccc1Cl. The molecule has 13 heteroatoms. The molecule has 5 nitrogen and oxygen atoms in total. The molecule has 182 valence electrons. The van der Waals surface area contributed by atoms with Crippen molar-refractivity contribution in [3.8, 4) is 22.6 Å². The van der Waals surface area contributed by atoms with E-state index in [2.05, 4.69) is 4.18 Å². The van der Waals surface area contributed by atoms with Gasteiger partial charge in [-0.3, -0.25) is 9.36 Å². The van der Waals surface area contributed by atoms with Crippen molar-refractivity contribution in [3.63, 3.8) is 0 Å². The van der Waals surface area contributed by atoms with Gasteiger partial charge < -0.3 is 4.18 Å². The Kier molecular flexibility index (Phi) is 6.28. The summed E-state index contributed by atoms with van der Waals surface area (Å²) < 4.78 is 95.6. The first-order valence-corrected chi connectivity index (χ1v) is 11.6. The second-order valence-corrected chi connectivity index (χ2v) is 9.44. The summed E-state index contributed by atoms with van der Waals surface area (Å²) in [5, 5.41) is 0.0366. The molecule has 4 aromatic rings. The Balaban J connectivity index is 2.14. The van der Waals surface area contributed by atoms with Crippen LogP contribution in [0.5, 0.6) is 5.75 Å². The highest BCUT2D eigenvalue weighted by atomic mass is 35.5. The quantitative estimate of drug-likeness (QED) is 0.166. The lowest BCUT2D eigenvalue weighted by atomic mass is 9.99. The zero-order chi connectivity index (χ0) is 25.7. The number of alkyl halides is 3. The topological polar surface area (TPSA) is 65.4 Å². The molecule has 0 spiro atoms. The van der Waals surface area contributed by atoms with Crippen LogP contribution in [0.25, 0.3) is 27.7 Å². The van der Waals surface area contributed by atoms with Gasteiger partial charge in [-0.2, -0.15) is 21.6 Å². The minimum Gasteiger partial charge on any atom is -0.376 e. The number of para-hydroxylation sites is 1. The molecule has 35 heavy (non-hydrogen) atoms. The molecule has 1 heterocycles. The predicted molar refractivity (Wildman–Crippen MR) is 121 cm³/mol. The van der Waals surface area contributed by atoms with Crippen LogP contribution in [0.1, 0.15) is 0 Å². The van der Waals surface area contributed by atoms with Crippen LogP contribution in [0.2, 0.25) is 10.0 Å². The molecular formula is C22H10Cl2F5NO4S. The number of hydrogen-bond acceptors (Lipinski definition) is 4. The number of aromatic nitrogens is 1. The third-order valence-electron chi connectivity index (χ3n) is 4.86. The smallest absolute Gasteiger partial charge is 0.376 e. The summed E-state index contributed by atoms with van der Waals surface area (Å²) in [4.78, 5) is 12.8. The molecule has 0 fully saturated rings. The fraction of sp³-hybridized carbons (Fsp3) is 0.0455. The average molecular weight is 550 g/mol. The molecule has 0 bridgehead atoms. The van der Waals surface area contributed by atoms with Gasteiger partial charge in [-0.15, -0.1) is 0 Å². The Morgan fingerprint density at radius 2 is 1.51 bits per heavy atom. The van der Waals surface area contributed by atoms with Crippen LogP contribution in [0.3, 0.4) is 0 Å². The summed E-state index contributed by atoms with van der Waals surface area (Å²) in [5.74, 6) is -2.92. The highest BCUT2D eigenvalue weighted by molar-refractivity contribution is 7.88. The van der Waals surface area contributed by atoms with E-state index in [1.54, 1.807) is 0 Å². The summed E-state index contributed by atoms with van der Waals surface area (Å²) in [6.07, 6.45) is 0. The second kappa shape index (κ2) is 8.81. The van der Waals surface area contributed by atoms with Gasteiger partial charge in [0.25, 0.3) is 5.56 Å². The van der Waals surface area contributed by atoms with E-state index in [1.807, 2.05) is 0 Å². The lowest BCUT2D eigenvalue weighted by molar-refractivity contribution is -0.0500. The Hall–Kier alpha value is -3.15. The lowest BCUT2D eigenvalue weighted by Crippen LogP contribution is -2.28. The molecule has 0 unspecified atom stereocenters. The minimum atomic E-state index is -6.13. The number of rotatable bonds is 4. The molecule has 0 saturated heterocycles. The van der Waals surface area contributed by atoms with Gasteiger partial charge in [-0.05, 0) is 42.0 Å². The zero-order valence-corrected chi connectivity index (χ0v) is 19.2. The molecule has 3 aromatic carbocycles. The van der Waals surface area contributed by atoms with Crippen LogP contribution in [0.4, 0.5) is 22.0 Å². The third-order valence-corrected chi connectivity index (χ3v) is 6.45. The van der Waals surface area contributed by atoms with Crippen molar-refractivity contribution in [1.29, 1.82) is 0 Å². The van der Waals surface area contributed by atoms with Crippen LogP contribution < -0.4 is 9.74 Å². The van der Waals surface area contributed by atoms with E-state index in [-0.39, 0.29) is 37.8 Å². The molecule has 4 rings (SSSR count). The van der Waals surface area contributed by atoms with Crippen LogP contribution in [0, 0.1) is 11.6 Å². The van der Waals surface area contributed by atoms with Gasteiger partial charge in [0.15, 0.2) is 0 Å². The molecule has 0 aliphatic rings. The second-order valence-electron chi connectivity index (χ2n) is 7.09. The average Bonchev–Trinajstić information content (AvgIpc) is 2.73. The van der Waals surface area contributed by atoms with Crippen molar-refractivity contribution in [2.75, 3.05) is 0 Å². The third kappa shape index (κ3) is 4.58. The first-order chi connectivity index (χ1) is 16.3.